The Labute approximate surface area is 202 Å². The molecule has 2 atom stereocenters. The quantitative estimate of drug-likeness (QED) is 0.338. The summed E-state index contributed by atoms with van der Waals surface area (Å²) in [5.74, 6) is 1.73. The van der Waals surface area contributed by atoms with Crippen molar-refractivity contribution >= 4 is 0 Å². The molecule has 180 valence electrons. The zero-order valence-electron chi connectivity index (χ0n) is 20.9. The third kappa shape index (κ3) is 6.93. The first kappa shape index (κ1) is 24.5. The van der Waals surface area contributed by atoms with Crippen LogP contribution in [0.1, 0.15) is 108 Å². The van der Waals surface area contributed by atoms with Crippen LogP contribution in [0.3, 0.4) is 0 Å². The molecule has 0 unspecified atom stereocenters. The topological polar surface area (TPSA) is 18.5 Å². The maximum atomic E-state index is 6.16. The molecule has 2 aromatic carbocycles. The van der Waals surface area contributed by atoms with Crippen molar-refractivity contribution in [1.29, 1.82) is 0 Å². The third-order valence-corrected chi connectivity index (χ3v) is 7.89. The average Bonchev–Trinajstić information content (AvgIpc) is 2.88. The highest BCUT2D eigenvalue weighted by Gasteiger charge is 2.24. The highest BCUT2D eigenvalue weighted by molar-refractivity contribution is 5.64. The second-order valence-electron chi connectivity index (χ2n) is 10.4. The van der Waals surface area contributed by atoms with Crippen molar-refractivity contribution in [2.75, 3.05) is 13.2 Å². The number of hydrogen-bond acceptors (Lipinski definition) is 2. The van der Waals surface area contributed by atoms with E-state index < -0.39 is 0 Å². The summed E-state index contributed by atoms with van der Waals surface area (Å²) in [4.78, 5) is 0. The molecule has 2 nitrogen and oxygen atoms in total. The van der Waals surface area contributed by atoms with Gasteiger partial charge in [0.15, 0.2) is 0 Å². The van der Waals surface area contributed by atoms with Crippen LogP contribution in [-0.2, 0) is 9.47 Å². The molecule has 1 aliphatic heterocycles. The SMILES string of the molecule is CCCCCC[C@H]1CO[C@H](c2ccc(-c3ccc(C4CCC(CCC)CC4)cc3)cc2)CO1. The zero-order chi connectivity index (χ0) is 22.9. The van der Waals surface area contributed by atoms with Gasteiger partial charge in [-0.3, -0.25) is 0 Å². The normalized spacial score (nSPS) is 25.8. The van der Waals surface area contributed by atoms with Crippen LogP contribution in [0.2, 0.25) is 0 Å². The Morgan fingerprint density at radius 2 is 1.30 bits per heavy atom. The number of ether oxygens (including phenoxy) is 2. The van der Waals surface area contributed by atoms with E-state index in [1.807, 2.05) is 0 Å². The van der Waals surface area contributed by atoms with Crippen LogP contribution in [0, 0.1) is 5.92 Å². The molecule has 0 amide bonds. The standard InChI is InChI=1S/C31H44O2/c1-3-5-6-7-9-30-22-33-31(23-32-30)29-20-18-28(19-21-29)27-16-14-26(15-17-27)25-12-10-24(8-4-2)11-13-25/h14-21,24-25,30-31H,3-13,22-23H2,1-2H3/t24?,25?,30-,31-/m0/s1. The molecule has 0 spiro atoms. The fourth-order valence-electron chi connectivity index (χ4n) is 5.73. The lowest BCUT2D eigenvalue weighted by Gasteiger charge is -2.30. The third-order valence-electron chi connectivity index (χ3n) is 7.89. The molecule has 1 saturated carbocycles. The largest absolute Gasteiger partial charge is 0.373 e. The minimum Gasteiger partial charge on any atom is -0.373 e. The van der Waals surface area contributed by atoms with Crippen LogP contribution in [0.5, 0.6) is 0 Å². The molecule has 2 heteroatoms. The minimum atomic E-state index is 0.0659. The molecular formula is C31H44O2. The van der Waals surface area contributed by atoms with E-state index in [9.17, 15) is 0 Å². The van der Waals surface area contributed by atoms with Crippen LogP contribution >= 0.6 is 0 Å². The molecular weight excluding hydrogens is 404 g/mol. The predicted octanol–water partition coefficient (Wildman–Crippen LogP) is 8.85. The monoisotopic (exact) mass is 448 g/mol. The van der Waals surface area contributed by atoms with Crippen molar-refractivity contribution in [3.63, 3.8) is 0 Å². The smallest absolute Gasteiger partial charge is 0.106 e. The molecule has 0 bridgehead atoms. The summed E-state index contributed by atoms with van der Waals surface area (Å²) in [6, 6.07) is 18.3. The Morgan fingerprint density at radius 1 is 0.636 bits per heavy atom. The van der Waals surface area contributed by atoms with Crippen LogP contribution < -0.4 is 0 Å². The second kappa shape index (κ2) is 12.7. The van der Waals surface area contributed by atoms with Gasteiger partial charge in [0.25, 0.3) is 0 Å². The molecule has 1 saturated heterocycles. The lowest BCUT2D eigenvalue weighted by Crippen LogP contribution is -2.31. The maximum Gasteiger partial charge on any atom is 0.106 e. The van der Waals surface area contributed by atoms with E-state index in [-0.39, 0.29) is 12.2 Å². The molecule has 2 fully saturated rings. The summed E-state index contributed by atoms with van der Waals surface area (Å²) < 4.78 is 12.3. The number of hydrogen-bond donors (Lipinski definition) is 0. The van der Waals surface area contributed by atoms with E-state index in [4.69, 9.17) is 9.47 Å². The van der Waals surface area contributed by atoms with E-state index in [1.54, 1.807) is 0 Å². The summed E-state index contributed by atoms with van der Waals surface area (Å²) in [5, 5.41) is 0. The Morgan fingerprint density at radius 3 is 1.88 bits per heavy atom. The van der Waals surface area contributed by atoms with Gasteiger partial charge in [0.1, 0.15) is 6.10 Å². The molecule has 0 aromatic heterocycles. The van der Waals surface area contributed by atoms with E-state index >= 15 is 0 Å². The molecule has 0 radical (unpaired) electrons. The van der Waals surface area contributed by atoms with E-state index in [2.05, 4.69) is 62.4 Å². The van der Waals surface area contributed by atoms with Crippen molar-refractivity contribution in [2.24, 2.45) is 5.92 Å². The number of rotatable bonds is 10. The molecule has 2 aromatic rings. The van der Waals surface area contributed by atoms with Gasteiger partial charge in [-0.2, -0.15) is 0 Å². The number of unbranched alkanes of at least 4 members (excludes halogenated alkanes) is 3. The minimum absolute atomic E-state index is 0.0659. The van der Waals surface area contributed by atoms with Gasteiger partial charge in [0.2, 0.25) is 0 Å². The summed E-state index contributed by atoms with van der Waals surface area (Å²) in [5.41, 5.74) is 5.34. The summed E-state index contributed by atoms with van der Waals surface area (Å²) in [6.45, 7) is 5.97. The molecule has 0 N–H and O–H groups in total. The van der Waals surface area contributed by atoms with Gasteiger partial charge < -0.3 is 9.47 Å². The first-order valence-electron chi connectivity index (χ1n) is 13.7. The summed E-state index contributed by atoms with van der Waals surface area (Å²) in [7, 11) is 0. The van der Waals surface area contributed by atoms with Crippen LogP contribution in [-0.4, -0.2) is 19.3 Å². The molecule has 1 aliphatic carbocycles. The van der Waals surface area contributed by atoms with Gasteiger partial charge >= 0.3 is 0 Å². The zero-order valence-corrected chi connectivity index (χ0v) is 20.9. The fourth-order valence-corrected chi connectivity index (χ4v) is 5.73. The van der Waals surface area contributed by atoms with Crippen LogP contribution in [0.15, 0.2) is 48.5 Å². The van der Waals surface area contributed by atoms with Gasteiger partial charge in [-0.15, -0.1) is 0 Å². The van der Waals surface area contributed by atoms with Gasteiger partial charge in [-0.1, -0.05) is 101 Å². The second-order valence-corrected chi connectivity index (χ2v) is 10.4. The predicted molar refractivity (Wildman–Crippen MR) is 139 cm³/mol. The van der Waals surface area contributed by atoms with Crippen LogP contribution in [0.25, 0.3) is 11.1 Å². The highest BCUT2D eigenvalue weighted by atomic mass is 16.6. The average molecular weight is 449 g/mol. The Kier molecular flexibility index (Phi) is 9.44. The van der Waals surface area contributed by atoms with Crippen molar-refractivity contribution < 1.29 is 9.47 Å². The van der Waals surface area contributed by atoms with Crippen molar-refractivity contribution in [2.45, 2.75) is 103 Å². The summed E-state index contributed by atoms with van der Waals surface area (Å²) >= 11 is 0. The van der Waals surface area contributed by atoms with Gasteiger partial charge in [-0.05, 0) is 66.2 Å². The Bertz CT molecular complexity index is 794. The Balaban J connectivity index is 1.26. The molecule has 33 heavy (non-hydrogen) atoms. The van der Waals surface area contributed by atoms with Gasteiger partial charge in [0, 0.05) is 0 Å². The lowest BCUT2D eigenvalue weighted by molar-refractivity contribution is -0.137. The molecule has 1 heterocycles. The lowest BCUT2D eigenvalue weighted by atomic mass is 9.77. The molecule has 4 rings (SSSR count). The Hall–Kier alpha value is -1.64. The first-order valence-corrected chi connectivity index (χ1v) is 13.7. The van der Waals surface area contributed by atoms with Crippen molar-refractivity contribution in [3.8, 4) is 11.1 Å². The highest BCUT2D eigenvalue weighted by Crippen LogP contribution is 2.38. The van der Waals surface area contributed by atoms with Gasteiger partial charge in [0.05, 0.1) is 19.3 Å². The first-order chi connectivity index (χ1) is 16.3. The van der Waals surface area contributed by atoms with Crippen molar-refractivity contribution in [1.82, 2.24) is 0 Å². The van der Waals surface area contributed by atoms with E-state index in [0.29, 0.717) is 6.61 Å². The van der Waals surface area contributed by atoms with Gasteiger partial charge in [-0.25, -0.2) is 0 Å². The molecule has 2 aliphatic rings. The van der Waals surface area contributed by atoms with Crippen molar-refractivity contribution in [3.05, 3.63) is 59.7 Å². The maximum absolute atomic E-state index is 6.16. The fraction of sp³-hybridized carbons (Fsp3) is 0.613. The number of benzene rings is 2. The summed E-state index contributed by atoms with van der Waals surface area (Å²) in [6.07, 6.45) is 14.9. The van der Waals surface area contributed by atoms with E-state index in [1.165, 1.54) is 86.5 Å². The van der Waals surface area contributed by atoms with E-state index in [0.717, 1.165) is 24.9 Å². The van der Waals surface area contributed by atoms with Crippen LogP contribution in [0.4, 0.5) is 0 Å².